The van der Waals surface area contributed by atoms with Crippen LogP contribution in [-0.4, -0.2) is 41.8 Å². The van der Waals surface area contributed by atoms with E-state index >= 15 is 0 Å². The van der Waals surface area contributed by atoms with Crippen molar-refractivity contribution < 1.29 is 14.6 Å². The summed E-state index contributed by atoms with van der Waals surface area (Å²) in [6.45, 7) is 3.59. The molecule has 0 amide bonds. The summed E-state index contributed by atoms with van der Waals surface area (Å²) in [5, 5.41) is 9.07. The zero-order valence-corrected chi connectivity index (χ0v) is 11.0. The van der Waals surface area contributed by atoms with Crippen LogP contribution in [0.25, 0.3) is 0 Å². The van der Waals surface area contributed by atoms with E-state index in [1.54, 1.807) is 6.07 Å². The van der Waals surface area contributed by atoms with E-state index in [1.165, 1.54) is 12.0 Å². The Morgan fingerprint density at radius 1 is 1.37 bits per heavy atom. The predicted molar refractivity (Wildman–Crippen MR) is 71.4 cm³/mol. The van der Waals surface area contributed by atoms with Crippen molar-refractivity contribution in [3.8, 4) is 0 Å². The molecule has 2 aliphatic heterocycles. The molecule has 3 rings (SSSR count). The first kappa shape index (κ1) is 12.6. The molecule has 4 heteroatoms. The summed E-state index contributed by atoms with van der Waals surface area (Å²) in [5.74, 6) is -0.846. The largest absolute Gasteiger partial charge is 0.478 e. The number of hydrogen-bond acceptors (Lipinski definition) is 3. The van der Waals surface area contributed by atoms with Crippen molar-refractivity contribution in [2.75, 3.05) is 19.8 Å². The highest BCUT2D eigenvalue weighted by molar-refractivity contribution is 5.87. The first-order valence-corrected chi connectivity index (χ1v) is 6.91. The second kappa shape index (κ2) is 5.31. The summed E-state index contributed by atoms with van der Waals surface area (Å²) >= 11 is 0. The molecule has 1 aromatic rings. The minimum absolute atomic E-state index is 0.389. The summed E-state index contributed by atoms with van der Waals surface area (Å²) in [6.07, 6.45) is 3.32. The van der Waals surface area contributed by atoms with Crippen LogP contribution in [0.3, 0.4) is 0 Å². The van der Waals surface area contributed by atoms with E-state index in [0.717, 1.165) is 44.7 Å². The lowest BCUT2D eigenvalue weighted by atomic mass is 9.95. The fraction of sp³-hybridized carbons (Fsp3) is 0.533. The van der Waals surface area contributed by atoms with Crippen molar-refractivity contribution in [2.24, 2.45) is 0 Å². The molecule has 0 spiro atoms. The molecule has 1 N–H and O–H groups in total. The molecule has 4 nitrogen and oxygen atoms in total. The van der Waals surface area contributed by atoms with Gasteiger partial charge in [0, 0.05) is 25.7 Å². The lowest BCUT2D eigenvalue weighted by Crippen LogP contribution is -2.43. The summed E-state index contributed by atoms with van der Waals surface area (Å²) in [6, 6.07) is 6.00. The van der Waals surface area contributed by atoms with Gasteiger partial charge in [0.05, 0.1) is 12.2 Å². The first-order chi connectivity index (χ1) is 9.24. The van der Waals surface area contributed by atoms with E-state index in [1.807, 2.05) is 12.1 Å². The van der Waals surface area contributed by atoms with Gasteiger partial charge >= 0.3 is 5.97 Å². The van der Waals surface area contributed by atoms with Crippen LogP contribution in [-0.2, 0) is 17.7 Å². The number of hydrogen-bond donors (Lipinski definition) is 1. The third-order valence-electron chi connectivity index (χ3n) is 4.15. The molecule has 0 radical (unpaired) electrons. The van der Waals surface area contributed by atoms with Gasteiger partial charge < -0.3 is 9.84 Å². The molecule has 1 atom stereocenters. The smallest absolute Gasteiger partial charge is 0.335 e. The van der Waals surface area contributed by atoms with Crippen LogP contribution in [0.1, 0.15) is 34.3 Å². The van der Waals surface area contributed by atoms with E-state index in [-0.39, 0.29) is 0 Å². The number of aromatic carboxylic acids is 1. The van der Waals surface area contributed by atoms with E-state index in [2.05, 4.69) is 4.90 Å². The third kappa shape index (κ3) is 2.65. The average molecular weight is 261 g/mol. The number of benzene rings is 1. The summed E-state index contributed by atoms with van der Waals surface area (Å²) in [4.78, 5) is 13.5. The number of nitrogens with zero attached hydrogens (tertiary/aromatic N) is 1. The minimum Gasteiger partial charge on any atom is -0.478 e. The molecule has 1 fully saturated rings. The number of carbonyl (C=O) groups is 1. The molecule has 2 heterocycles. The van der Waals surface area contributed by atoms with Crippen LogP contribution in [0.15, 0.2) is 18.2 Å². The molecule has 0 saturated carbocycles. The fourth-order valence-electron chi connectivity index (χ4n) is 3.04. The van der Waals surface area contributed by atoms with Crippen LogP contribution in [0.5, 0.6) is 0 Å². The van der Waals surface area contributed by atoms with Crippen molar-refractivity contribution >= 4 is 5.97 Å². The zero-order chi connectivity index (χ0) is 13.2. The summed E-state index contributed by atoms with van der Waals surface area (Å²) in [5.41, 5.74) is 2.84. The average Bonchev–Trinajstić information content (AvgIpc) is 2.47. The monoisotopic (exact) mass is 261 g/mol. The van der Waals surface area contributed by atoms with Crippen molar-refractivity contribution in [2.45, 2.75) is 31.8 Å². The van der Waals surface area contributed by atoms with Crippen LogP contribution in [0.2, 0.25) is 0 Å². The highest BCUT2D eigenvalue weighted by Crippen LogP contribution is 2.24. The van der Waals surface area contributed by atoms with E-state index in [9.17, 15) is 4.79 Å². The Bertz CT molecular complexity index is 480. The molecule has 2 aliphatic rings. The number of carboxylic acids is 1. The molecule has 1 saturated heterocycles. The maximum atomic E-state index is 11.0. The standard InChI is InChI=1S/C15H19NO3/c17-15(18)12-4-3-11-5-6-16(9-13(11)8-12)14-2-1-7-19-10-14/h3-4,8,14H,1-2,5-7,9-10H2,(H,17,18). The van der Waals surface area contributed by atoms with Gasteiger partial charge in [0.2, 0.25) is 0 Å². The Morgan fingerprint density at radius 3 is 3.00 bits per heavy atom. The second-order valence-electron chi connectivity index (χ2n) is 5.38. The Labute approximate surface area is 113 Å². The van der Waals surface area contributed by atoms with Crippen LogP contribution >= 0.6 is 0 Å². The van der Waals surface area contributed by atoms with Crippen molar-refractivity contribution in [1.82, 2.24) is 4.90 Å². The zero-order valence-electron chi connectivity index (χ0n) is 11.0. The maximum absolute atomic E-state index is 11.0. The Kier molecular flexibility index (Phi) is 3.53. The van der Waals surface area contributed by atoms with Crippen LogP contribution in [0, 0.1) is 0 Å². The van der Waals surface area contributed by atoms with Crippen molar-refractivity contribution in [1.29, 1.82) is 0 Å². The van der Waals surface area contributed by atoms with Gasteiger partial charge in [-0.05, 0) is 42.5 Å². The van der Waals surface area contributed by atoms with Gasteiger partial charge in [0.25, 0.3) is 0 Å². The number of rotatable bonds is 2. The number of ether oxygens (including phenoxy) is 1. The van der Waals surface area contributed by atoms with Crippen molar-refractivity contribution in [3.05, 3.63) is 34.9 Å². The molecule has 19 heavy (non-hydrogen) atoms. The topological polar surface area (TPSA) is 49.8 Å². The SMILES string of the molecule is O=C(O)c1ccc2c(c1)CN(C1CCCOC1)CC2. The fourth-order valence-corrected chi connectivity index (χ4v) is 3.04. The minimum atomic E-state index is -0.846. The Hall–Kier alpha value is -1.39. The molecule has 1 unspecified atom stereocenters. The molecule has 102 valence electrons. The van der Waals surface area contributed by atoms with Crippen molar-refractivity contribution in [3.63, 3.8) is 0 Å². The van der Waals surface area contributed by atoms with Gasteiger partial charge in [-0.3, -0.25) is 4.90 Å². The normalized spacial score (nSPS) is 23.9. The quantitative estimate of drug-likeness (QED) is 0.883. The van der Waals surface area contributed by atoms with Gasteiger partial charge in [-0.1, -0.05) is 6.07 Å². The molecule has 0 aromatic heterocycles. The summed E-state index contributed by atoms with van der Waals surface area (Å²) < 4.78 is 5.55. The van der Waals surface area contributed by atoms with Gasteiger partial charge in [-0.2, -0.15) is 0 Å². The van der Waals surface area contributed by atoms with Gasteiger partial charge in [0.15, 0.2) is 0 Å². The van der Waals surface area contributed by atoms with Crippen LogP contribution < -0.4 is 0 Å². The van der Waals surface area contributed by atoms with E-state index < -0.39 is 5.97 Å². The third-order valence-corrected chi connectivity index (χ3v) is 4.15. The highest BCUT2D eigenvalue weighted by atomic mass is 16.5. The van der Waals surface area contributed by atoms with Gasteiger partial charge in [0.1, 0.15) is 0 Å². The lowest BCUT2D eigenvalue weighted by Gasteiger charge is -2.37. The Balaban J connectivity index is 1.77. The van der Waals surface area contributed by atoms with Gasteiger partial charge in [-0.15, -0.1) is 0 Å². The second-order valence-corrected chi connectivity index (χ2v) is 5.38. The van der Waals surface area contributed by atoms with Crippen LogP contribution in [0.4, 0.5) is 0 Å². The first-order valence-electron chi connectivity index (χ1n) is 6.91. The van der Waals surface area contributed by atoms with Gasteiger partial charge in [-0.25, -0.2) is 4.79 Å². The number of carboxylic acid groups (broad SMARTS) is 1. The van der Waals surface area contributed by atoms with E-state index in [0.29, 0.717) is 11.6 Å². The van der Waals surface area contributed by atoms with E-state index in [4.69, 9.17) is 9.84 Å². The molecule has 0 aliphatic carbocycles. The molecule has 1 aromatic carbocycles. The number of fused-ring (bicyclic) bond motifs is 1. The molecular formula is C15H19NO3. The Morgan fingerprint density at radius 2 is 2.26 bits per heavy atom. The highest BCUT2D eigenvalue weighted by Gasteiger charge is 2.25. The molecule has 0 bridgehead atoms. The maximum Gasteiger partial charge on any atom is 0.335 e. The lowest BCUT2D eigenvalue weighted by molar-refractivity contribution is 0.0125. The predicted octanol–water partition coefficient (Wildman–Crippen LogP) is 1.92. The molecular weight excluding hydrogens is 242 g/mol. The summed E-state index contributed by atoms with van der Waals surface area (Å²) in [7, 11) is 0.